The molecule has 0 saturated heterocycles. The lowest BCUT2D eigenvalue weighted by Crippen LogP contribution is -2.15. The summed E-state index contributed by atoms with van der Waals surface area (Å²) in [4.78, 5) is 26.1. The molecule has 0 aliphatic heterocycles. The van der Waals surface area contributed by atoms with E-state index in [-0.39, 0.29) is 17.7 Å². The molecule has 1 aromatic heterocycles. The molecule has 7 heteroatoms. The van der Waals surface area contributed by atoms with Gasteiger partial charge in [-0.15, -0.1) is 11.3 Å². The zero-order chi connectivity index (χ0) is 22.9. The third-order valence-electron chi connectivity index (χ3n) is 4.38. The van der Waals surface area contributed by atoms with E-state index in [1.807, 2.05) is 43.3 Å². The summed E-state index contributed by atoms with van der Waals surface area (Å²) in [6.45, 7) is 4.37. The van der Waals surface area contributed by atoms with Crippen molar-refractivity contribution < 1.29 is 19.1 Å². The Kier molecular flexibility index (Phi) is 7.79. The third-order valence-corrected chi connectivity index (χ3v) is 5.48. The first-order valence-corrected chi connectivity index (χ1v) is 10.9. The van der Waals surface area contributed by atoms with Crippen LogP contribution >= 0.6 is 11.3 Å². The van der Waals surface area contributed by atoms with Gasteiger partial charge < -0.3 is 14.8 Å². The summed E-state index contributed by atoms with van der Waals surface area (Å²) >= 11 is 1.25. The molecule has 0 fully saturated rings. The zero-order valence-electron chi connectivity index (χ0n) is 17.8. The number of ether oxygens (including phenoxy) is 2. The normalized spacial score (nSPS) is 10.8. The van der Waals surface area contributed by atoms with Crippen LogP contribution in [0.4, 0.5) is 5.00 Å². The first-order valence-electron chi connectivity index (χ1n) is 10.1. The van der Waals surface area contributed by atoms with Gasteiger partial charge in [0.15, 0.2) is 0 Å². The van der Waals surface area contributed by atoms with Gasteiger partial charge in [-0.05, 0) is 49.2 Å². The van der Waals surface area contributed by atoms with E-state index >= 15 is 0 Å². The van der Waals surface area contributed by atoms with E-state index in [2.05, 4.69) is 5.32 Å². The lowest BCUT2D eigenvalue weighted by molar-refractivity contribution is -0.112. The molecule has 32 heavy (non-hydrogen) atoms. The number of nitrogens with zero attached hydrogens (tertiary/aromatic N) is 1. The van der Waals surface area contributed by atoms with Crippen LogP contribution in [0.1, 0.15) is 29.8 Å². The first-order chi connectivity index (χ1) is 15.5. The highest BCUT2D eigenvalue weighted by Crippen LogP contribution is 2.36. The van der Waals surface area contributed by atoms with E-state index in [1.165, 1.54) is 17.4 Å². The Hall–Kier alpha value is -3.89. The number of carbonyl (C=O) groups is 2. The number of carbonyl (C=O) groups excluding carboxylic acids is 2. The molecule has 2 aromatic carbocycles. The van der Waals surface area contributed by atoms with Crippen LogP contribution in [0.3, 0.4) is 0 Å². The summed E-state index contributed by atoms with van der Waals surface area (Å²) < 4.78 is 10.5. The molecule has 0 aliphatic carbocycles. The minimum atomic E-state index is -0.603. The smallest absolute Gasteiger partial charge is 0.341 e. The van der Waals surface area contributed by atoms with Crippen LogP contribution in [0.25, 0.3) is 16.5 Å². The Morgan fingerprint density at radius 1 is 1.06 bits per heavy atom. The molecule has 0 saturated carbocycles. The fraction of sp³-hybridized carbons (Fsp3) is 0.160. The summed E-state index contributed by atoms with van der Waals surface area (Å²) in [6.07, 6.45) is 1.49. The average molecular weight is 447 g/mol. The Balaban J connectivity index is 1.88. The standard InChI is InChI=1S/C25H22N2O4S/c1-3-30-20-12-10-17(11-13-20)14-19(16-26)23(28)27-24-21(25(29)31-4-2)15-22(32-24)18-8-6-5-7-9-18/h5-15H,3-4H2,1-2H3,(H,27,28)/b19-14+. The molecule has 162 valence electrons. The number of nitriles is 1. The fourth-order valence-corrected chi connectivity index (χ4v) is 3.95. The van der Waals surface area contributed by atoms with Gasteiger partial charge in [-0.25, -0.2) is 4.79 Å². The number of esters is 1. The SMILES string of the molecule is CCOC(=O)c1cc(-c2ccccc2)sc1NC(=O)/C(C#N)=C/c1ccc(OCC)cc1. The Bertz CT molecular complexity index is 1160. The lowest BCUT2D eigenvalue weighted by Gasteiger charge is -2.06. The highest BCUT2D eigenvalue weighted by molar-refractivity contribution is 7.20. The highest BCUT2D eigenvalue weighted by Gasteiger charge is 2.21. The number of anilines is 1. The Labute approximate surface area is 190 Å². The van der Waals surface area contributed by atoms with Crippen LogP contribution in [0.5, 0.6) is 5.75 Å². The van der Waals surface area contributed by atoms with Gasteiger partial charge in [-0.1, -0.05) is 42.5 Å². The van der Waals surface area contributed by atoms with Gasteiger partial charge in [0.2, 0.25) is 0 Å². The zero-order valence-corrected chi connectivity index (χ0v) is 18.6. The number of hydrogen-bond acceptors (Lipinski definition) is 6. The fourth-order valence-electron chi connectivity index (χ4n) is 2.90. The van der Waals surface area contributed by atoms with Gasteiger partial charge >= 0.3 is 5.97 Å². The molecular weight excluding hydrogens is 424 g/mol. The molecule has 1 N–H and O–H groups in total. The molecule has 1 heterocycles. The van der Waals surface area contributed by atoms with Crippen molar-refractivity contribution in [2.75, 3.05) is 18.5 Å². The minimum absolute atomic E-state index is 0.0846. The largest absolute Gasteiger partial charge is 0.494 e. The average Bonchev–Trinajstić information content (AvgIpc) is 3.23. The number of amides is 1. The second-order valence-electron chi connectivity index (χ2n) is 6.57. The first kappa shape index (κ1) is 22.8. The summed E-state index contributed by atoms with van der Waals surface area (Å²) in [7, 11) is 0. The molecule has 0 radical (unpaired) electrons. The monoisotopic (exact) mass is 446 g/mol. The summed E-state index contributed by atoms with van der Waals surface area (Å²) in [5, 5.41) is 12.6. The molecule has 1 amide bonds. The summed E-state index contributed by atoms with van der Waals surface area (Å²) in [5.41, 5.74) is 1.76. The number of hydrogen-bond donors (Lipinski definition) is 1. The van der Waals surface area contributed by atoms with Crippen molar-refractivity contribution in [2.45, 2.75) is 13.8 Å². The molecule has 0 aliphatic rings. The minimum Gasteiger partial charge on any atom is -0.494 e. The second-order valence-corrected chi connectivity index (χ2v) is 7.62. The third kappa shape index (κ3) is 5.62. The van der Waals surface area contributed by atoms with Crippen molar-refractivity contribution in [1.29, 1.82) is 5.26 Å². The van der Waals surface area contributed by atoms with Crippen LogP contribution in [-0.4, -0.2) is 25.1 Å². The topological polar surface area (TPSA) is 88.4 Å². The van der Waals surface area contributed by atoms with Crippen molar-refractivity contribution in [3.05, 3.63) is 77.4 Å². The number of benzene rings is 2. The van der Waals surface area contributed by atoms with Crippen LogP contribution in [-0.2, 0) is 9.53 Å². The molecule has 3 rings (SSSR count). The van der Waals surface area contributed by atoms with E-state index in [0.717, 1.165) is 10.4 Å². The van der Waals surface area contributed by atoms with Gasteiger partial charge in [-0.3, -0.25) is 4.79 Å². The number of rotatable bonds is 8. The summed E-state index contributed by atoms with van der Waals surface area (Å²) in [5.74, 6) is -0.428. The molecule has 0 unspecified atom stereocenters. The van der Waals surface area contributed by atoms with Crippen LogP contribution in [0, 0.1) is 11.3 Å². The Morgan fingerprint density at radius 3 is 2.41 bits per heavy atom. The van der Waals surface area contributed by atoms with Crippen LogP contribution in [0.2, 0.25) is 0 Å². The van der Waals surface area contributed by atoms with E-state index in [4.69, 9.17) is 9.47 Å². The van der Waals surface area contributed by atoms with Crippen molar-refractivity contribution in [3.63, 3.8) is 0 Å². The maximum Gasteiger partial charge on any atom is 0.341 e. The molecular formula is C25H22N2O4S. The van der Waals surface area contributed by atoms with Crippen molar-refractivity contribution in [1.82, 2.24) is 0 Å². The van der Waals surface area contributed by atoms with E-state index < -0.39 is 11.9 Å². The molecule has 0 spiro atoms. The van der Waals surface area contributed by atoms with Crippen LogP contribution in [0.15, 0.2) is 66.2 Å². The van der Waals surface area contributed by atoms with Gasteiger partial charge in [0, 0.05) is 4.88 Å². The van der Waals surface area contributed by atoms with E-state index in [9.17, 15) is 14.9 Å². The molecule has 0 bridgehead atoms. The number of thiophene rings is 1. The highest BCUT2D eigenvalue weighted by atomic mass is 32.1. The van der Waals surface area contributed by atoms with Crippen molar-refractivity contribution in [3.8, 4) is 22.3 Å². The molecule has 3 aromatic rings. The summed E-state index contributed by atoms with van der Waals surface area (Å²) in [6, 6.07) is 20.2. The van der Waals surface area contributed by atoms with Crippen molar-refractivity contribution in [2.24, 2.45) is 0 Å². The second kappa shape index (κ2) is 10.9. The maximum absolute atomic E-state index is 12.8. The predicted molar refractivity (Wildman–Crippen MR) is 126 cm³/mol. The lowest BCUT2D eigenvalue weighted by atomic mass is 10.1. The van der Waals surface area contributed by atoms with E-state index in [1.54, 1.807) is 37.3 Å². The quantitative estimate of drug-likeness (QED) is 0.279. The van der Waals surface area contributed by atoms with Gasteiger partial charge in [0.25, 0.3) is 5.91 Å². The van der Waals surface area contributed by atoms with E-state index in [0.29, 0.717) is 22.9 Å². The molecule has 6 nitrogen and oxygen atoms in total. The van der Waals surface area contributed by atoms with Gasteiger partial charge in [0.05, 0.1) is 18.8 Å². The number of nitrogens with one attached hydrogen (secondary N) is 1. The maximum atomic E-state index is 12.8. The predicted octanol–water partition coefficient (Wildman–Crippen LogP) is 5.54. The van der Waals surface area contributed by atoms with Gasteiger partial charge in [0.1, 0.15) is 22.4 Å². The van der Waals surface area contributed by atoms with Gasteiger partial charge in [-0.2, -0.15) is 5.26 Å². The van der Waals surface area contributed by atoms with Crippen molar-refractivity contribution >= 4 is 34.3 Å². The molecule has 0 atom stereocenters. The Morgan fingerprint density at radius 2 is 1.78 bits per heavy atom. The van der Waals surface area contributed by atoms with Crippen LogP contribution < -0.4 is 10.1 Å².